The van der Waals surface area contributed by atoms with E-state index in [1.165, 1.54) is 0 Å². The van der Waals surface area contributed by atoms with Crippen molar-refractivity contribution in [2.45, 2.75) is 40.3 Å². The average Bonchev–Trinajstić information content (AvgIpc) is 3.28. The fourth-order valence-electron chi connectivity index (χ4n) is 2.85. The van der Waals surface area contributed by atoms with Gasteiger partial charge in [0.2, 0.25) is 0 Å². The Labute approximate surface area is 163 Å². The highest BCUT2D eigenvalue weighted by atomic mass is 32.1. The molecule has 0 saturated heterocycles. The van der Waals surface area contributed by atoms with Gasteiger partial charge in [0.05, 0.1) is 17.3 Å². The Bertz CT molecular complexity index is 881. The topological polar surface area (TPSA) is 64.4 Å². The minimum absolute atomic E-state index is 0.00983. The van der Waals surface area contributed by atoms with Crippen LogP contribution in [-0.2, 0) is 6.61 Å². The zero-order valence-electron chi connectivity index (χ0n) is 16.0. The zero-order valence-corrected chi connectivity index (χ0v) is 16.8. The van der Waals surface area contributed by atoms with E-state index in [-0.39, 0.29) is 11.9 Å². The second-order valence-corrected chi connectivity index (χ2v) is 7.81. The quantitative estimate of drug-likeness (QED) is 0.618. The molecule has 1 aromatic carbocycles. The Hall–Kier alpha value is -2.60. The lowest BCUT2D eigenvalue weighted by molar-refractivity contribution is 0.0926. The van der Waals surface area contributed by atoms with Crippen molar-refractivity contribution in [3.63, 3.8) is 0 Å². The molecule has 3 aromatic rings. The van der Waals surface area contributed by atoms with Crippen LogP contribution in [0.4, 0.5) is 0 Å². The van der Waals surface area contributed by atoms with Gasteiger partial charge in [-0.1, -0.05) is 31.1 Å². The van der Waals surface area contributed by atoms with Crippen LogP contribution >= 0.6 is 11.3 Å². The van der Waals surface area contributed by atoms with E-state index in [1.54, 1.807) is 23.5 Å². The molecule has 142 valence electrons. The molecule has 0 aliphatic heterocycles. The third-order valence-electron chi connectivity index (χ3n) is 4.46. The SMILES string of the molecule is Cc1noc(C)c1COc1cccc(C(=O)N[C@H](c2cccs2)C(C)C)c1. The molecule has 2 heterocycles. The number of amides is 1. The molecule has 0 saturated carbocycles. The number of rotatable bonds is 7. The van der Waals surface area contributed by atoms with E-state index in [1.807, 2.05) is 37.4 Å². The maximum atomic E-state index is 12.8. The normalized spacial score (nSPS) is 12.2. The lowest BCUT2D eigenvalue weighted by Crippen LogP contribution is -2.31. The van der Waals surface area contributed by atoms with E-state index in [4.69, 9.17) is 9.26 Å². The Kier molecular flexibility index (Phi) is 5.96. The molecule has 0 spiro atoms. The Morgan fingerprint density at radius 3 is 2.70 bits per heavy atom. The average molecular weight is 385 g/mol. The van der Waals surface area contributed by atoms with Crippen LogP contribution in [0.25, 0.3) is 0 Å². The molecule has 0 aliphatic rings. The van der Waals surface area contributed by atoms with Crippen LogP contribution in [0.3, 0.4) is 0 Å². The smallest absolute Gasteiger partial charge is 0.251 e. The molecule has 1 amide bonds. The maximum absolute atomic E-state index is 12.8. The first-order valence-electron chi connectivity index (χ1n) is 8.94. The van der Waals surface area contributed by atoms with Crippen LogP contribution < -0.4 is 10.1 Å². The van der Waals surface area contributed by atoms with Crippen molar-refractivity contribution in [2.24, 2.45) is 5.92 Å². The number of aryl methyl sites for hydroxylation is 2. The molecule has 6 heteroatoms. The van der Waals surface area contributed by atoms with Gasteiger partial charge in [0.1, 0.15) is 18.1 Å². The standard InChI is InChI=1S/C21H24N2O3S/c1-13(2)20(19-9-6-10-27-19)22-21(24)16-7-5-8-17(11-16)25-12-18-14(3)23-26-15(18)4/h5-11,13,20H,12H2,1-4H3,(H,22,24)/t20-/m0/s1. The molecule has 1 atom stereocenters. The number of aromatic nitrogens is 1. The van der Waals surface area contributed by atoms with Crippen molar-refractivity contribution in [3.8, 4) is 5.75 Å². The molecule has 0 bridgehead atoms. The van der Waals surface area contributed by atoms with Gasteiger partial charge < -0.3 is 14.6 Å². The summed E-state index contributed by atoms with van der Waals surface area (Å²) in [5.41, 5.74) is 2.33. The fourth-order valence-corrected chi connectivity index (χ4v) is 3.80. The first-order valence-corrected chi connectivity index (χ1v) is 9.82. The lowest BCUT2D eigenvalue weighted by Gasteiger charge is -2.21. The lowest BCUT2D eigenvalue weighted by atomic mass is 10.0. The number of carbonyl (C=O) groups is 1. The van der Waals surface area contributed by atoms with Gasteiger partial charge in [-0.15, -0.1) is 11.3 Å². The summed E-state index contributed by atoms with van der Waals surface area (Å²) in [5, 5.41) is 9.10. The number of hydrogen-bond donors (Lipinski definition) is 1. The largest absolute Gasteiger partial charge is 0.489 e. The van der Waals surface area contributed by atoms with Gasteiger partial charge in [-0.2, -0.15) is 0 Å². The Morgan fingerprint density at radius 1 is 1.26 bits per heavy atom. The first kappa shape index (κ1) is 19.2. The van der Waals surface area contributed by atoms with Gasteiger partial charge in [-0.05, 0) is 49.4 Å². The maximum Gasteiger partial charge on any atom is 0.251 e. The fraction of sp³-hybridized carbons (Fsp3) is 0.333. The molecule has 1 N–H and O–H groups in total. The molecular weight excluding hydrogens is 360 g/mol. The third-order valence-corrected chi connectivity index (χ3v) is 5.42. The van der Waals surface area contributed by atoms with Crippen LogP contribution in [-0.4, -0.2) is 11.1 Å². The van der Waals surface area contributed by atoms with Crippen molar-refractivity contribution >= 4 is 17.2 Å². The van der Waals surface area contributed by atoms with Crippen LogP contribution in [0.15, 0.2) is 46.3 Å². The highest BCUT2D eigenvalue weighted by Gasteiger charge is 2.20. The summed E-state index contributed by atoms with van der Waals surface area (Å²) in [6.45, 7) is 8.31. The van der Waals surface area contributed by atoms with Gasteiger partial charge in [0.25, 0.3) is 5.91 Å². The van der Waals surface area contributed by atoms with E-state index in [9.17, 15) is 4.79 Å². The van der Waals surface area contributed by atoms with E-state index < -0.39 is 0 Å². The number of nitrogens with one attached hydrogen (secondary N) is 1. The van der Waals surface area contributed by atoms with Gasteiger partial charge in [0.15, 0.2) is 0 Å². The van der Waals surface area contributed by atoms with E-state index in [0.29, 0.717) is 23.8 Å². The summed E-state index contributed by atoms with van der Waals surface area (Å²) in [5.74, 6) is 1.58. The number of hydrogen-bond acceptors (Lipinski definition) is 5. The number of nitrogens with zero attached hydrogens (tertiary/aromatic N) is 1. The molecule has 3 rings (SSSR count). The van der Waals surface area contributed by atoms with Crippen LogP contribution in [0.2, 0.25) is 0 Å². The summed E-state index contributed by atoms with van der Waals surface area (Å²) in [6, 6.07) is 11.3. The molecule has 27 heavy (non-hydrogen) atoms. The highest BCUT2D eigenvalue weighted by Crippen LogP contribution is 2.26. The van der Waals surface area contributed by atoms with Crippen molar-refractivity contribution in [2.75, 3.05) is 0 Å². The summed E-state index contributed by atoms with van der Waals surface area (Å²) < 4.78 is 11.0. The van der Waals surface area contributed by atoms with Crippen molar-refractivity contribution in [3.05, 3.63) is 69.2 Å². The van der Waals surface area contributed by atoms with Gasteiger partial charge >= 0.3 is 0 Å². The molecular formula is C21H24N2O3S. The summed E-state index contributed by atoms with van der Waals surface area (Å²) >= 11 is 1.65. The van der Waals surface area contributed by atoms with E-state index in [2.05, 4.69) is 30.4 Å². The summed E-state index contributed by atoms with van der Waals surface area (Å²) in [7, 11) is 0. The van der Waals surface area contributed by atoms with E-state index in [0.717, 1.165) is 21.9 Å². The zero-order chi connectivity index (χ0) is 19.4. The monoisotopic (exact) mass is 384 g/mol. The molecule has 2 aromatic heterocycles. The van der Waals surface area contributed by atoms with Crippen LogP contribution in [0.1, 0.15) is 52.1 Å². The Morgan fingerprint density at radius 2 is 2.07 bits per heavy atom. The van der Waals surface area contributed by atoms with Crippen molar-refractivity contribution < 1.29 is 14.1 Å². The molecule has 5 nitrogen and oxygen atoms in total. The van der Waals surface area contributed by atoms with E-state index >= 15 is 0 Å². The highest BCUT2D eigenvalue weighted by molar-refractivity contribution is 7.10. The first-order chi connectivity index (χ1) is 13.0. The second-order valence-electron chi connectivity index (χ2n) is 6.83. The number of benzene rings is 1. The predicted octanol–water partition coefficient (Wildman–Crippen LogP) is 5.06. The minimum atomic E-state index is -0.107. The number of thiophene rings is 1. The van der Waals surface area contributed by atoms with Gasteiger partial charge in [-0.25, -0.2) is 0 Å². The van der Waals surface area contributed by atoms with Crippen LogP contribution in [0, 0.1) is 19.8 Å². The van der Waals surface area contributed by atoms with Crippen molar-refractivity contribution in [1.82, 2.24) is 10.5 Å². The van der Waals surface area contributed by atoms with Crippen LogP contribution in [0.5, 0.6) is 5.75 Å². The summed E-state index contributed by atoms with van der Waals surface area (Å²) in [4.78, 5) is 13.9. The number of ether oxygens (including phenoxy) is 1. The molecule has 0 aliphatic carbocycles. The summed E-state index contributed by atoms with van der Waals surface area (Å²) in [6.07, 6.45) is 0. The molecule has 0 fully saturated rings. The van der Waals surface area contributed by atoms with Gasteiger partial charge in [0, 0.05) is 10.4 Å². The third kappa shape index (κ3) is 4.57. The van der Waals surface area contributed by atoms with Crippen molar-refractivity contribution in [1.29, 1.82) is 0 Å². The molecule has 0 unspecified atom stereocenters. The minimum Gasteiger partial charge on any atom is -0.489 e. The number of carbonyl (C=O) groups excluding carboxylic acids is 1. The molecule has 0 radical (unpaired) electrons. The predicted molar refractivity (Wildman–Crippen MR) is 106 cm³/mol. The Balaban J connectivity index is 1.70. The van der Waals surface area contributed by atoms with Gasteiger partial charge in [-0.3, -0.25) is 4.79 Å². The second kappa shape index (κ2) is 8.39.